The number of hydrogen-bond acceptors (Lipinski definition) is 6. The Kier molecular flexibility index (Phi) is 10.5. The normalized spacial score (nSPS) is 12.0. The van der Waals surface area contributed by atoms with Crippen molar-refractivity contribution in [2.24, 2.45) is 5.73 Å². The second-order valence-corrected chi connectivity index (χ2v) is 12.6. The first-order valence-corrected chi connectivity index (χ1v) is 15.1. The van der Waals surface area contributed by atoms with Crippen LogP contribution in [0.15, 0.2) is 78.0 Å². The molecule has 0 spiro atoms. The van der Waals surface area contributed by atoms with Gasteiger partial charge in [0.25, 0.3) is 10.0 Å². The van der Waals surface area contributed by atoms with Crippen molar-refractivity contribution in [2.75, 3.05) is 37.0 Å². The molecule has 9 heteroatoms. The maximum atomic E-state index is 13.1. The van der Waals surface area contributed by atoms with Crippen LogP contribution in [0.3, 0.4) is 0 Å². The molecule has 1 amide bonds. The van der Waals surface area contributed by atoms with Gasteiger partial charge in [0.15, 0.2) is 0 Å². The number of unbranched alkanes of at least 4 members (excludes halogenated alkanes) is 2. The van der Waals surface area contributed by atoms with Gasteiger partial charge in [0, 0.05) is 57.4 Å². The first-order chi connectivity index (χ1) is 18.9. The molecular formula is C31H42N4O4S. The lowest BCUT2D eigenvalue weighted by atomic mass is 9.96. The molecule has 0 unspecified atom stereocenters. The van der Waals surface area contributed by atoms with Crippen LogP contribution in [0.1, 0.15) is 51.2 Å². The summed E-state index contributed by atoms with van der Waals surface area (Å²) in [6.45, 7) is 7.39. The maximum Gasteiger partial charge on any atom is 0.405 e. The summed E-state index contributed by atoms with van der Waals surface area (Å²) in [6, 6.07) is 16.8. The molecule has 0 aliphatic heterocycles. The molecule has 0 aliphatic carbocycles. The number of nitrogens with zero attached hydrogens (tertiary/aromatic N) is 3. The van der Waals surface area contributed by atoms with Crippen molar-refractivity contribution in [3.05, 3.63) is 84.2 Å². The fraction of sp³-hybridized carbons (Fsp3) is 0.387. The summed E-state index contributed by atoms with van der Waals surface area (Å²) < 4.78 is 32.9. The van der Waals surface area contributed by atoms with Gasteiger partial charge in [0.2, 0.25) is 0 Å². The van der Waals surface area contributed by atoms with E-state index in [0.717, 1.165) is 48.3 Å². The van der Waals surface area contributed by atoms with E-state index in [-0.39, 0.29) is 4.90 Å². The van der Waals surface area contributed by atoms with E-state index in [0.29, 0.717) is 13.0 Å². The minimum absolute atomic E-state index is 0.242. The highest BCUT2D eigenvalue weighted by molar-refractivity contribution is 7.90. The number of ether oxygens (including phenoxy) is 1. The van der Waals surface area contributed by atoms with E-state index >= 15 is 0 Å². The summed E-state index contributed by atoms with van der Waals surface area (Å²) in [4.78, 5) is 15.9. The summed E-state index contributed by atoms with van der Waals surface area (Å²) in [5, 5.41) is 0. The van der Waals surface area contributed by atoms with Crippen molar-refractivity contribution in [3.8, 4) is 0 Å². The third-order valence-electron chi connectivity index (χ3n) is 6.61. The van der Waals surface area contributed by atoms with Crippen LogP contribution in [-0.4, -0.2) is 51.3 Å². The Labute approximate surface area is 239 Å². The predicted octanol–water partition coefficient (Wildman–Crippen LogP) is 5.92. The minimum Gasteiger partial charge on any atom is -0.443 e. The van der Waals surface area contributed by atoms with E-state index in [1.165, 1.54) is 3.97 Å². The average Bonchev–Trinajstić information content (AvgIpc) is 3.37. The molecule has 0 aliphatic rings. The minimum atomic E-state index is -3.68. The number of rotatable bonds is 14. The van der Waals surface area contributed by atoms with Crippen molar-refractivity contribution in [3.63, 3.8) is 0 Å². The number of nitrogens with two attached hydrogens (primary N) is 1. The predicted molar refractivity (Wildman–Crippen MR) is 163 cm³/mol. The van der Waals surface area contributed by atoms with Crippen LogP contribution in [0.2, 0.25) is 0 Å². The number of carbonyl (C=O) groups excluding carboxylic acids is 1. The Hall–Kier alpha value is -3.72. The molecule has 2 aromatic carbocycles. The molecule has 8 nitrogen and oxygen atoms in total. The van der Waals surface area contributed by atoms with Crippen molar-refractivity contribution in [1.82, 2.24) is 3.97 Å². The van der Waals surface area contributed by atoms with Crippen molar-refractivity contribution >= 4 is 33.6 Å². The standard InChI is InChI=1S/C31H42N4O4S/c1-6-7-10-20-34(29-14-9-8-13-26(29)23-31(2,3)39-30(32)36)21-11-12-25-19-22-35(24-25)40(37,38)28-17-15-27(16-18-28)33(4)5/h8-9,11-19,22,24H,6-7,10,20-21,23H2,1-5H3,(H2,32,36)/b12-11+. The third-order valence-corrected chi connectivity index (χ3v) is 8.26. The Balaban J connectivity index is 1.78. The second kappa shape index (κ2) is 13.6. The molecule has 2 N–H and O–H groups in total. The molecule has 1 heterocycles. The van der Waals surface area contributed by atoms with Gasteiger partial charge in [0.1, 0.15) is 5.60 Å². The molecule has 0 bridgehead atoms. The van der Waals surface area contributed by atoms with Crippen LogP contribution in [0, 0.1) is 0 Å². The molecular weight excluding hydrogens is 524 g/mol. The number of anilines is 2. The Morgan fingerprint density at radius 1 is 1.05 bits per heavy atom. The van der Waals surface area contributed by atoms with E-state index in [4.69, 9.17) is 10.5 Å². The van der Waals surface area contributed by atoms with Crippen LogP contribution >= 0.6 is 0 Å². The summed E-state index contributed by atoms with van der Waals surface area (Å²) >= 11 is 0. The van der Waals surface area contributed by atoms with Crippen LogP contribution in [0.25, 0.3) is 6.08 Å². The summed E-state index contributed by atoms with van der Waals surface area (Å²) in [7, 11) is 0.145. The van der Waals surface area contributed by atoms with Gasteiger partial charge in [-0.25, -0.2) is 17.2 Å². The van der Waals surface area contributed by atoms with Gasteiger partial charge in [-0.3, -0.25) is 0 Å². The molecule has 3 aromatic rings. The van der Waals surface area contributed by atoms with E-state index in [1.807, 2.05) is 63.2 Å². The Morgan fingerprint density at radius 2 is 1.75 bits per heavy atom. The van der Waals surface area contributed by atoms with Gasteiger partial charge in [0.05, 0.1) is 4.90 Å². The van der Waals surface area contributed by atoms with Crippen LogP contribution in [0.4, 0.5) is 16.2 Å². The van der Waals surface area contributed by atoms with Gasteiger partial charge >= 0.3 is 6.09 Å². The Bertz CT molecular complexity index is 1390. The SMILES string of the molecule is CCCCCN(C/C=C/c1ccn(S(=O)(=O)c2ccc(N(C)C)cc2)c1)c1ccccc1CC(C)(C)OC(N)=O. The lowest BCUT2D eigenvalue weighted by Gasteiger charge is -2.30. The number of aromatic nitrogens is 1. The van der Waals surface area contributed by atoms with Gasteiger partial charge in [-0.05, 0) is 67.8 Å². The van der Waals surface area contributed by atoms with E-state index in [2.05, 4.69) is 17.9 Å². The molecule has 3 rings (SSSR count). The van der Waals surface area contributed by atoms with Crippen LogP contribution in [-0.2, 0) is 21.2 Å². The molecule has 216 valence electrons. The Morgan fingerprint density at radius 3 is 2.40 bits per heavy atom. The molecule has 0 saturated carbocycles. The summed E-state index contributed by atoms with van der Waals surface area (Å²) in [6.07, 6.45) is 10.2. The lowest BCUT2D eigenvalue weighted by molar-refractivity contribution is 0.0461. The van der Waals surface area contributed by atoms with Gasteiger partial charge in [-0.2, -0.15) is 0 Å². The molecule has 1 aromatic heterocycles. The van der Waals surface area contributed by atoms with Crippen LogP contribution < -0.4 is 15.5 Å². The smallest absolute Gasteiger partial charge is 0.405 e. The molecule has 0 saturated heterocycles. The largest absolute Gasteiger partial charge is 0.443 e. The second-order valence-electron chi connectivity index (χ2n) is 10.7. The van der Waals surface area contributed by atoms with E-state index in [1.54, 1.807) is 42.7 Å². The number of amides is 1. The van der Waals surface area contributed by atoms with E-state index < -0.39 is 21.7 Å². The highest BCUT2D eigenvalue weighted by atomic mass is 32.2. The monoisotopic (exact) mass is 566 g/mol. The quantitative estimate of drug-likeness (QED) is 0.243. The summed E-state index contributed by atoms with van der Waals surface area (Å²) in [5.74, 6) is 0. The number of benzene rings is 2. The van der Waals surface area contributed by atoms with Gasteiger partial charge < -0.3 is 20.3 Å². The maximum absolute atomic E-state index is 13.1. The first-order valence-electron chi connectivity index (χ1n) is 13.6. The molecule has 0 fully saturated rings. The molecule has 0 radical (unpaired) electrons. The highest BCUT2D eigenvalue weighted by Crippen LogP contribution is 2.27. The lowest BCUT2D eigenvalue weighted by Crippen LogP contribution is -2.34. The topological polar surface area (TPSA) is 97.9 Å². The summed E-state index contributed by atoms with van der Waals surface area (Å²) in [5.41, 5.74) is 8.42. The highest BCUT2D eigenvalue weighted by Gasteiger charge is 2.24. The first kappa shape index (κ1) is 30.8. The zero-order valence-electron chi connectivity index (χ0n) is 24.2. The number of carbonyl (C=O) groups is 1. The molecule has 40 heavy (non-hydrogen) atoms. The van der Waals surface area contributed by atoms with E-state index in [9.17, 15) is 13.2 Å². The fourth-order valence-electron chi connectivity index (χ4n) is 4.59. The fourth-order valence-corrected chi connectivity index (χ4v) is 5.80. The van der Waals surface area contributed by atoms with Crippen molar-refractivity contribution < 1.29 is 17.9 Å². The number of primary amides is 1. The number of para-hydroxylation sites is 1. The zero-order chi connectivity index (χ0) is 29.3. The average molecular weight is 567 g/mol. The third kappa shape index (κ3) is 8.39. The molecule has 0 atom stereocenters. The van der Waals surface area contributed by atoms with Gasteiger partial charge in [-0.1, -0.05) is 50.1 Å². The van der Waals surface area contributed by atoms with Crippen molar-refractivity contribution in [2.45, 2.75) is 57.0 Å². The van der Waals surface area contributed by atoms with Crippen molar-refractivity contribution in [1.29, 1.82) is 0 Å². The number of hydrogen-bond donors (Lipinski definition) is 1. The van der Waals surface area contributed by atoms with Crippen LogP contribution in [0.5, 0.6) is 0 Å². The van der Waals surface area contributed by atoms with Gasteiger partial charge in [-0.15, -0.1) is 0 Å². The zero-order valence-corrected chi connectivity index (χ0v) is 25.0.